The van der Waals surface area contributed by atoms with Gasteiger partial charge in [0.05, 0.1) is 12.7 Å². The van der Waals surface area contributed by atoms with Crippen LogP contribution in [0.4, 0.5) is 4.39 Å². The number of ether oxygens (including phenoxy) is 1. The van der Waals surface area contributed by atoms with Gasteiger partial charge in [0.25, 0.3) is 5.91 Å². The Hall–Kier alpha value is -1.50. The monoisotopic (exact) mass is 268 g/mol. The van der Waals surface area contributed by atoms with E-state index < -0.39 is 18.0 Å². The Kier molecular flexibility index (Phi) is 4.84. The average molecular weight is 268 g/mol. The number of rotatable bonds is 4. The number of aliphatic hydroxyl groups is 1. The molecule has 2 unspecified atom stereocenters. The molecule has 0 radical (unpaired) electrons. The van der Waals surface area contributed by atoms with Crippen molar-refractivity contribution in [2.45, 2.75) is 12.2 Å². The number of aliphatic hydroxyl groups excluding tert-OH is 1. The second kappa shape index (κ2) is 6.60. The first-order valence-corrected chi connectivity index (χ1v) is 6.21. The van der Waals surface area contributed by atoms with Crippen molar-refractivity contribution in [3.63, 3.8) is 0 Å². The van der Waals surface area contributed by atoms with Gasteiger partial charge in [-0.3, -0.25) is 4.79 Å². The van der Waals surface area contributed by atoms with E-state index in [1.54, 1.807) is 12.1 Å². The quantitative estimate of drug-likeness (QED) is 0.717. The molecule has 6 heteroatoms. The summed E-state index contributed by atoms with van der Waals surface area (Å²) in [5, 5.41) is 15.4. The van der Waals surface area contributed by atoms with Crippen molar-refractivity contribution in [2.24, 2.45) is 0 Å². The Morgan fingerprint density at radius 3 is 3.05 bits per heavy atom. The third kappa shape index (κ3) is 3.73. The van der Waals surface area contributed by atoms with Crippen molar-refractivity contribution >= 4 is 5.91 Å². The summed E-state index contributed by atoms with van der Waals surface area (Å²) in [7, 11) is 0. The van der Waals surface area contributed by atoms with Crippen LogP contribution in [0.5, 0.6) is 0 Å². The topological polar surface area (TPSA) is 70.6 Å². The second-order valence-corrected chi connectivity index (χ2v) is 4.35. The van der Waals surface area contributed by atoms with Crippen molar-refractivity contribution in [3.8, 4) is 0 Å². The molecule has 0 saturated carbocycles. The van der Waals surface area contributed by atoms with Crippen molar-refractivity contribution in [1.82, 2.24) is 10.6 Å². The summed E-state index contributed by atoms with van der Waals surface area (Å²) in [4.78, 5) is 11.7. The van der Waals surface area contributed by atoms with Gasteiger partial charge in [-0.1, -0.05) is 18.2 Å². The lowest BCUT2D eigenvalue weighted by molar-refractivity contribution is -0.134. The molecule has 1 heterocycles. The molecule has 3 N–H and O–H groups in total. The van der Waals surface area contributed by atoms with Crippen molar-refractivity contribution in [3.05, 3.63) is 35.6 Å². The van der Waals surface area contributed by atoms with E-state index in [-0.39, 0.29) is 18.0 Å². The molecular formula is C13H17FN2O3. The van der Waals surface area contributed by atoms with E-state index in [1.165, 1.54) is 12.1 Å². The van der Waals surface area contributed by atoms with Crippen LogP contribution in [-0.2, 0) is 9.53 Å². The molecule has 2 rings (SSSR count). The predicted molar refractivity (Wildman–Crippen MR) is 67.0 cm³/mol. The maximum Gasteiger partial charge on any atom is 0.250 e. The SMILES string of the molecule is O=C(NCC(O)c1ccccc1F)C1CNCCO1. The Balaban J connectivity index is 1.84. The molecule has 1 aliphatic heterocycles. The van der Waals surface area contributed by atoms with Gasteiger partial charge >= 0.3 is 0 Å². The third-order valence-corrected chi connectivity index (χ3v) is 2.95. The highest BCUT2D eigenvalue weighted by atomic mass is 19.1. The summed E-state index contributed by atoms with van der Waals surface area (Å²) in [6, 6.07) is 5.95. The molecule has 5 nitrogen and oxygen atoms in total. The maximum absolute atomic E-state index is 13.4. The van der Waals surface area contributed by atoms with Gasteiger partial charge in [-0.2, -0.15) is 0 Å². The Bertz CT molecular complexity index is 436. The molecule has 19 heavy (non-hydrogen) atoms. The van der Waals surface area contributed by atoms with Crippen LogP contribution in [0, 0.1) is 5.82 Å². The number of carbonyl (C=O) groups is 1. The van der Waals surface area contributed by atoms with Gasteiger partial charge in [0.1, 0.15) is 11.9 Å². The van der Waals surface area contributed by atoms with Crippen LogP contribution in [0.2, 0.25) is 0 Å². The molecule has 0 spiro atoms. The standard InChI is InChI=1S/C13H17FN2O3/c14-10-4-2-1-3-9(10)11(17)7-16-13(18)12-8-15-5-6-19-12/h1-4,11-12,15,17H,5-8H2,(H,16,18). The summed E-state index contributed by atoms with van der Waals surface area (Å²) in [5.74, 6) is -0.789. The number of carbonyl (C=O) groups excluding carboxylic acids is 1. The van der Waals surface area contributed by atoms with Crippen molar-refractivity contribution in [1.29, 1.82) is 0 Å². The fraction of sp³-hybridized carbons (Fsp3) is 0.462. The zero-order valence-electron chi connectivity index (χ0n) is 10.4. The van der Waals surface area contributed by atoms with Crippen molar-refractivity contribution < 1.29 is 19.0 Å². The minimum atomic E-state index is -1.07. The predicted octanol–water partition coefficient (Wildman–Crippen LogP) is -0.0363. The van der Waals surface area contributed by atoms with Crippen LogP contribution in [0.3, 0.4) is 0 Å². The molecule has 104 valence electrons. The van der Waals surface area contributed by atoms with Crippen LogP contribution in [-0.4, -0.2) is 43.4 Å². The number of hydrogen-bond acceptors (Lipinski definition) is 4. The first-order chi connectivity index (χ1) is 9.18. The lowest BCUT2D eigenvalue weighted by atomic mass is 10.1. The average Bonchev–Trinajstić information content (AvgIpc) is 2.46. The minimum absolute atomic E-state index is 0.0420. The molecule has 1 aliphatic rings. The Morgan fingerprint density at radius 2 is 2.37 bits per heavy atom. The molecule has 1 amide bonds. The number of nitrogens with one attached hydrogen (secondary N) is 2. The minimum Gasteiger partial charge on any atom is -0.386 e. The fourth-order valence-corrected chi connectivity index (χ4v) is 1.90. The molecule has 1 aromatic carbocycles. The molecular weight excluding hydrogens is 251 g/mol. The van der Waals surface area contributed by atoms with E-state index >= 15 is 0 Å². The van der Waals surface area contributed by atoms with Crippen LogP contribution < -0.4 is 10.6 Å². The normalized spacial score (nSPS) is 20.8. The second-order valence-electron chi connectivity index (χ2n) is 4.35. The summed E-state index contributed by atoms with van der Waals surface area (Å²) < 4.78 is 18.7. The van der Waals surface area contributed by atoms with E-state index in [1.807, 2.05) is 0 Å². The van der Waals surface area contributed by atoms with Gasteiger partial charge < -0.3 is 20.5 Å². The first kappa shape index (κ1) is 13.9. The highest BCUT2D eigenvalue weighted by molar-refractivity contribution is 5.81. The van der Waals surface area contributed by atoms with Gasteiger partial charge in [0.15, 0.2) is 0 Å². The van der Waals surface area contributed by atoms with Gasteiger partial charge in [0, 0.05) is 25.2 Å². The highest BCUT2D eigenvalue weighted by Gasteiger charge is 2.22. The van der Waals surface area contributed by atoms with Gasteiger partial charge in [0.2, 0.25) is 0 Å². The van der Waals surface area contributed by atoms with Gasteiger partial charge in [-0.25, -0.2) is 4.39 Å². The van der Waals surface area contributed by atoms with Crippen LogP contribution >= 0.6 is 0 Å². The maximum atomic E-state index is 13.4. The molecule has 0 aliphatic carbocycles. The lowest BCUT2D eigenvalue weighted by Crippen LogP contribution is -2.48. The number of benzene rings is 1. The smallest absolute Gasteiger partial charge is 0.250 e. The van der Waals surface area contributed by atoms with Gasteiger partial charge in [-0.05, 0) is 6.07 Å². The molecule has 1 saturated heterocycles. The summed E-state index contributed by atoms with van der Waals surface area (Å²) >= 11 is 0. The Labute approximate surface area is 110 Å². The first-order valence-electron chi connectivity index (χ1n) is 6.21. The number of morpholine rings is 1. The van der Waals surface area contributed by atoms with Crippen LogP contribution in [0.25, 0.3) is 0 Å². The zero-order valence-corrected chi connectivity index (χ0v) is 10.4. The molecule has 1 aromatic rings. The summed E-state index contributed by atoms with van der Waals surface area (Å²) in [6.07, 6.45) is -1.62. The molecule has 0 bridgehead atoms. The molecule has 1 fully saturated rings. The highest BCUT2D eigenvalue weighted by Crippen LogP contribution is 2.15. The summed E-state index contributed by atoms with van der Waals surface area (Å²) in [5.41, 5.74) is 0.172. The van der Waals surface area contributed by atoms with E-state index in [9.17, 15) is 14.3 Å². The Morgan fingerprint density at radius 1 is 1.58 bits per heavy atom. The molecule has 0 aromatic heterocycles. The van der Waals surface area contributed by atoms with E-state index in [0.29, 0.717) is 13.2 Å². The van der Waals surface area contributed by atoms with Crippen LogP contribution in [0.15, 0.2) is 24.3 Å². The summed E-state index contributed by atoms with van der Waals surface area (Å²) in [6.45, 7) is 1.61. The zero-order chi connectivity index (χ0) is 13.7. The fourth-order valence-electron chi connectivity index (χ4n) is 1.90. The van der Waals surface area contributed by atoms with Crippen LogP contribution in [0.1, 0.15) is 11.7 Å². The number of halogens is 1. The van der Waals surface area contributed by atoms with Gasteiger partial charge in [-0.15, -0.1) is 0 Å². The third-order valence-electron chi connectivity index (χ3n) is 2.95. The van der Waals surface area contributed by atoms with E-state index in [2.05, 4.69) is 10.6 Å². The van der Waals surface area contributed by atoms with Crippen molar-refractivity contribution in [2.75, 3.05) is 26.2 Å². The lowest BCUT2D eigenvalue weighted by Gasteiger charge is -2.23. The molecule has 2 atom stereocenters. The van der Waals surface area contributed by atoms with E-state index in [0.717, 1.165) is 6.54 Å². The van der Waals surface area contributed by atoms with E-state index in [4.69, 9.17) is 4.74 Å². The largest absolute Gasteiger partial charge is 0.386 e. The number of hydrogen-bond donors (Lipinski definition) is 3. The number of amides is 1.